The highest BCUT2D eigenvalue weighted by atomic mass is 16.6. The van der Waals surface area contributed by atoms with Gasteiger partial charge in [-0.25, -0.2) is 0 Å². The van der Waals surface area contributed by atoms with E-state index >= 15 is 4.79 Å². The van der Waals surface area contributed by atoms with Gasteiger partial charge in [0.05, 0.1) is 28.3 Å². The summed E-state index contributed by atoms with van der Waals surface area (Å²) < 4.78 is 14.0. The van der Waals surface area contributed by atoms with Gasteiger partial charge in [0.25, 0.3) is 0 Å². The normalized spacial score (nSPS) is 37.8. The summed E-state index contributed by atoms with van der Waals surface area (Å²) in [6.45, 7) is 19.6. The molecule has 0 amide bonds. The monoisotopic (exact) mass is 817 g/mol. The number of aliphatic hydroxyl groups is 2. The lowest BCUT2D eigenvalue weighted by Gasteiger charge is -2.72. The first-order valence-corrected chi connectivity index (χ1v) is 23.2. The molecule has 0 unspecified atom stereocenters. The minimum Gasteiger partial charge on any atom is -0.390 e. The van der Waals surface area contributed by atoms with Gasteiger partial charge in [-0.3, -0.25) is 9.59 Å². The highest BCUT2D eigenvalue weighted by Crippen LogP contribution is 2.79. The molecule has 60 heavy (non-hydrogen) atoms. The zero-order valence-electron chi connectivity index (χ0n) is 37.3. The number of aliphatic hydroxyl groups excluding tert-OH is 1. The van der Waals surface area contributed by atoms with E-state index < -0.39 is 22.5 Å². The Morgan fingerprint density at radius 2 is 1.77 bits per heavy atom. The van der Waals surface area contributed by atoms with Gasteiger partial charge in [0.2, 0.25) is 0 Å². The van der Waals surface area contributed by atoms with Crippen LogP contribution >= 0.6 is 0 Å². The lowest BCUT2D eigenvalue weighted by molar-refractivity contribution is -0.243. The van der Waals surface area contributed by atoms with Crippen molar-refractivity contribution >= 4 is 22.6 Å². The fourth-order valence-electron chi connectivity index (χ4n) is 15.6. The number of ketones is 2. The number of aromatic amines is 1. The van der Waals surface area contributed by atoms with Crippen LogP contribution in [-0.4, -0.2) is 68.0 Å². The molecule has 2 aliphatic heterocycles. The Morgan fingerprint density at radius 1 is 1.02 bits per heavy atom. The highest BCUT2D eigenvalue weighted by molar-refractivity contribution is 6.01. The molecule has 11 rings (SSSR count). The molecule has 8 aliphatic rings. The maximum atomic E-state index is 15.0. The molecule has 3 aromatic rings. The van der Waals surface area contributed by atoms with Crippen LogP contribution in [0.5, 0.6) is 0 Å². The average molecular weight is 817 g/mol. The number of carbonyl (C=O) groups is 2. The molecule has 2 saturated heterocycles. The van der Waals surface area contributed by atoms with Crippen LogP contribution in [-0.2, 0) is 32.0 Å². The fraction of sp³-hybridized carbons (Fsp3) is 0.654. The Bertz CT molecular complexity index is 2320. The second kappa shape index (κ2) is 13.6. The van der Waals surface area contributed by atoms with Crippen molar-refractivity contribution in [1.29, 1.82) is 0 Å². The van der Waals surface area contributed by atoms with Gasteiger partial charge in [-0.15, -0.1) is 0 Å². The number of H-pyrrole nitrogens is 1. The van der Waals surface area contributed by atoms with Crippen LogP contribution in [0.15, 0.2) is 60.0 Å². The van der Waals surface area contributed by atoms with E-state index in [9.17, 15) is 15.0 Å². The molecule has 3 N–H and O–H groups in total. The second-order valence-electron chi connectivity index (χ2n) is 22.4. The molecular weight excluding hydrogens is 749 g/mol. The maximum Gasteiger partial charge on any atom is 0.160 e. The number of hydrogen-bond acceptors (Lipinski definition) is 6. The summed E-state index contributed by atoms with van der Waals surface area (Å²) in [5.41, 5.74) is 6.09. The molecule has 8 heteroatoms. The number of nitrogens with zero attached hydrogens (tertiary/aromatic N) is 1. The maximum absolute atomic E-state index is 15.0. The van der Waals surface area contributed by atoms with E-state index in [0.29, 0.717) is 43.9 Å². The van der Waals surface area contributed by atoms with Crippen molar-refractivity contribution in [3.63, 3.8) is 0 Å². The minimum absolute atomic E-state index is 0.132. The van der Waals surface area contributed by atoms with E-state index in [1.54, 1.807) is 0 Å². The van der Waals surface area contributed by atoms with Gasteiger partial charge in [-0.05, 0) is 128 Å². The minimum atomic E-state index is -1.27. The van der Waals surface area contributed by atoms with E-state index in [1.807, 2.05) is 20.0 Å². The molecule has 0 radical (unpaired) electrons. The molecular formula is C52H68N2O6. The Kier molecular flexibility index (Phi) is 9.24. The fourth-order valence-corrected chi connectivity index (χ4v) is 15.6. The SMILES string of the molecule is Cc1cc(Cc2cn(C[C@H]3C4=C([C@H](C)C[C@@H](O)[C@H]5OC5(C)C)C(=O)C[C@@]45CC=C[C@]3(O)[C@@H]3[C@]4(C)CCC(=O)C(C)(C)[C@@H]4CC[C@@]35C)c3cc[nH]c23)cc(C2CCOCC2)c1. The summed E-state index contributed by atoms with van der Waals surface area (Å²) >= 11 is 0. The van der Waals surface area contributed by atoms with E-state index in [1.165, 1.54) is 22.3 Å². The summed E-state index contributed by atoms with van der Waals surface area (Å²) in [5.74, 6) is 0.426. The standard InChI is InChI=1S/C52H68N2O6/c1-30-22-32(25-34(23-30)33-13-20-59-21-14-33)26-35-28-54(37-12-19-53-44(35)37)29-36-43-42(31(2)24-38(55)45-48(5,6)60-45)39(56)27-51(43)15-9-16-52(36,58)46-49(7)17-11-41(57)47(3,4)40(49)10-18-50(46,51)8/h9,12,16,19,22-23,25,28,31,33,36,38,40,45-46,53,55,58H,10-11,13-15,17-18,20-21,24,26-27,29H2,1-8H3/t31-,36+,38-,40+,45-,46-,49-,50+,51+,52-/m1/s1. The molecule has 2 bridgehead atoms. The molecule has 322 valence electrons. The van der Waals surface area contributed by atoms with Crippen LogP contribution in [0.1, 0.15) is 134 Å². The van der Waals surface area contributed by atoms with Crippen LogP contribution < -0.4 is 0 Å². The predicted molar refractivity (Wildman–Crippen MR) is 234 cm³/mol. The lowest BCUT2D eigenvalue weighted by atomic mass is 9.32. The Labute approximate surface area is 356 Å². The number of aromatic nitrogens is 2. The van der Waals surface area contributed by atoms with E-state index in [4.69, 9.17) is 9.47 Å². The van der Waals surface area contributed by atoms with Crippen LogP contribution in [0.2, 0.25) is 0 Å². The lowest BCUT2D eigenvalue weighted by Crippen LogP contribution is -2.71. The largest absolute Gasteiger partial charge is 0.390 e. The molecule has 6 aliphatic carbocycles. The first kappa shape index (κ1) is 40.8. The number of rotatable bonds is 9. The number of allylic oxidation sites excluding steroid dienone is 2. The number of aryl methyl sites for hydroxylation is 1. The van der Waals surface area contributed by atoms with Crippen molar-refractivity contribution in [1.82, 2.24) is 9.55 Å². The van der Waals surface area contributed by atoms with Gasteiger partial charge < -0.3 is 29.2 Å². The molecule has 8 nitrogen and oxygen atoms in total. The first-order chi connectivity index (χ1) is 28.3. The number of fused-ring (bicyclic) bond motifs is 3. The Hall–Kier alpha value is -3.30. The van der Waals surface area contributed by atoms with E-state index in [0.717, 1.165) is 73.9 Å². The third kappa shape index (κ3) is 5.75. The molecule has 3 saturated carbocycles. The van der Waals surface area contributed by atoms with Gasteiger partial charge >= 0.3 is 0 Å². The molecule has 1 aromatic carbocycles. The van der Waals surface area contributed by atoms with Gasteiger partial charge in [0.15, 0.2) is 5.78 Å². The number of nitrogens with one attached hydrogen (secondary N) is 1. The van der Waals surface area contributed by atoms with Crippen LogP contribution in [0.3, 0.4) is 0 Å². The number of Topliss-reactive ketones (excluding diaryl/α,β-unsaturated/α-hetero) is 2. The van der Waals surface area contributed by atoms with Crippen LogP contribution in [0.25, 0.3) is 11.0 Å². The average Bonchev–Trinajstić information content (AvgIpc) is 3.44. The highest BCUT2D eigenvalue weighted by Gasteiger charge is 2.77. The topological polar surface area (TPSA) is 117 Å². The zero-order chi connectivity index (χ0) is 42.4. The van der Waals surface area contributed by atoms with Gasteiger partial charge in [0, 0.05) is 74.1 Å². The molecule has 1 spiro atoms. The molecule has 5 fully saturated rings. The van der Waals surface area contributed by atoms with Crippen LogP contribution in [0, 0.1) is 52.3 Å². The summed E-state index contributed by atoms with van der Waals surface area (Å²) in [6.07, 6.45) is 15.3. The van der Waals surface area contributed by atoms with Gasteiger partial charge in [0.1, 0.15) is 11.9 Å². The van der Waals surface area contributed by atoms with Gasteiger partial charge in [-0.1, -0.05) is 70.5 Å². The zero-order valence-corrected chi connectivity index (χ0v) is 37.3. The molecule has 2 aromatic heterocycles. The molecule has 10 atom stereocenters. The number of epoxide rings is 1. The molecule has 4 heterocycles. The van der Waals surface area contributed by atoms with Crippen molar-refractivity contribution in [3.05, 3.63) is 82.2 Å². The Balaban J connectivity index is 1.10. The van der Waals surface area contributed by atoms with Crippen molar-refractivity contribution in [2.75, 3.05) is 13.2 Å². The summed E-state index contributed by atoms with van der Waals surface area (Å²) in [5, 5.41) is 25.6. The van der Waals surface area contributed by atoms with E-state index in [2.05, 4.69) is 93.7 Å². The van der Waals surface area contributed by atoms with Crippen molar-refractivity contribution in [2.24, 2.45) is 45.3 Å². The number of ether oxygens (including phenoxy) is 2. The number of hydrogen-bond donors (Lipinski definition) is 3. The second-order valence-corrected chi connectivity index (χ2v) is 22.4. The van der Waals surface area contributed by atoms with Gasteiger partial charge in [-0.2, -0.15) is 0 Å². The quantitative estimate of drug-likeness (QED) is 0.147. The van der Waals surface area contributed by atoms with Crippen molar-refractivity contribution < 1.29 is 29.3 Å². The van der Waals surface area contributed by atoms with E-state index in [-0.39, 0.29) is 52.0 Å². The smallest absolute Gasteiger partial charge is 0.160 e. The van der Waals surface area contributed by atoms with Crippen LogP contribution in [0.4, 0.5) is 0 Å². The number of carbonyl (C=O) groups excluding carboxylic acids is 2. The third-order valence-corrected chi connectivity index (χ3v) is 18.2. The first-order valence-electron chi connectivity index (χ1n) is 23.2. The predicted octanol–water partition coefficient (Wildman–Crippen LogP) is 9.33. The van der Waals surface area contributed by atoms with Crippen molar-refractivity contribution in [2.45, 2.75) is 155 Å². The summed E-state index contributed by atoms with van der Waals surface area (Å²) in [7, 11) is 0. The summed E-state index contributed by atoms with van der Waals surface area (Å²) in [6, 6.07) is 9.23. The Morgan fingerprint density at radius 3 is 2.50 bits per heavy atom. The number of benzene rings is 1. The van der Waals surface area contributed by atoms with Crippen molar-refractivity contribution in [3.8, 4) is 0 Å². The third-order valence-electron chi connectivity index (χ3n) is 18.2. The summed E-state index contributed by atoms with van der Waals surface area (Å²) in [4.78, 5) is 32.3.